The molecule has 3 heteroatoms. The molecule has 0 unspecified atom stereocenters. The second-order valence-electron chi connectivity index (χ2n) is 4.83. The first-order valence-corrected chi connectivity index (χ1v) is 7.19. The normalized spacial score (nSPS) is 10.4. The predicted molar refractivity (Wildman–Crippen MR) is 86.1 cm³/mol. The van der Waals surface area contributed by atoms with E-state index >= 15 is 0 Å². The number of hydrogen-bond donors (Lipinski definition) is 0. The second kappa shape index (κ2) is 6.31. The van der Waals surface area contributed by atoms with Crippen LogP contribution in [0.15, 0.2) is 65.1 Å². The van der Waals surface area contributed by atoms with E-state index in [2.05, 4.69) is 12.1 Å². The molecule has 110 valence electrons. The summed E-state index contributed by atoms with van der Waals surface area (Å²) in [4.78, 5) is 10.8. The van der Waals surface area contributed by atoms with E-state index in [-0.39, 0.29) is 0 Å². The van der Waals surface area contributed by atoms with E-state index in [0.29, 0.717) is 24.4 Å². The van der Waals surface area contributed by atoms with E-state index < -0.39 is 0 Å². The molecule has 1 aromatic heterocycles. The molecule has 0 spiro atoms. The third-order valence-corrected chi connectivity index (χ3v) is 3.39. The molecule has 3 aromatic rings. The Kier molecular flexibility index (Phi) is 4.05. The van der Waals surface area contributed by atoms with Gasteiger partial charge in [0.05, 0.1) is 12.2 Å². The molecule has 1 heterocycles. The third kappa shape index (κ3) is 2.79. The van der Waals surface area contributed by atoms with Gasteiger partial charge in [0.15, 0.2) is 12.0 Å². The van der Waals surface area contributed by atoms with Gasteiger partial charge in [-0.1, -0.05) is 36.4 Å². The number of furan rings is 1. The van der Waals surface area contributed by atoms with Gasteiger partial charge in [0.1, 0.15) is 11.5 Å². The first-order valence-electron chi connectivity index (χ1n) is 7.19. The molecule has 0 aliphatic rings. The molecule has 0 saturated heterocycles. The Labute approximate surface area is 129 Å². The molecule has 0 fully saturated rings. The van der Waals surface area contributed by atoms with Crippen LogP contribution in [-0.2, 0) is 0 Å². The van der Waals surface area contributed by atoms with Gasteiger partial charge < -0.3 is 9.15 Å². The minimum Gasteiger partial charge on any atom is -0.493 e. The molecular formula is C19H16O3. The SMILES string of the molecule is CCOc1ccc(-c2ccccc2)cc1-c1ccc(C=O)o1. The van der Waals surface area contributed by atoms with Crippen molar-refractivity contribution in [2.24, 2.45) is 0 Å². The van der Waals surface area contributed by atoms with Gasteiger partial charge in [-0.05, 0) is 42.3 Å². The lowest BCUT2D eigenvalue weighted by Gasteiger charge is -2.11. The summed E-state index contributed by atoms with van der Waals surface area (Å²) in [6, 6.07) is 19.5. The van der Waals surface area contributed by atoms with Crippen molar-refractivity contribution >= 4 is 6.29 Å². The average Bonchev–Trinajstić information content (AvgIpc) is 3.05. The van der Waals surface area contributed by atoms with Gasteiger partial charge in [-0.3, -0.25) is 4.79 Å². The van der Waals surface area contributed by atoms with Gasteiger partial charge >= 0.3 is 0 Å². The molecule has 0 bridgehead atoms. The van der Waals surface area contributed by atoms with E-state index in [4.69, 9.17) is 9.15 Å². The number of rotatable bonds is 5. The Morgan fingerprint density at radius 2 is 1.82 bits per heavy atom. The van der Waals surface area contributed by atoms with Crippen molar-refractivity contribution in [3.05, 3.63) is 66.4 Å². The van der Waals surface area contributed by atoms with Crippen molar-refractivity contribution in [3.63, 3.8) is 0 Å². The Balaban J connectivity index is 2.10. The molecule has 2 aromatic carbocycles. The van der Waals surface area contributed by atoms with Gasteiger partial charge in [0, 0.05) is 0 Å². The van der Waals surface area contributed by atoms with E-state index in [9.17, 15) is 4.79 Å². The topological polar surface area (TPSA) is 39.4 Å². The van der Waals surface area contributed by atoms with Gasteiger partial charge in [-0.15, -0.1) is 0 Å². The number of aldehydes is 1. The Morgan fingerprint density at radius 1 is 1.00 bits per heavy atom. The van der Waals surface area contributed by atoms with Crippen LogP contribution >= 0.6 is 0 Å². The number of carbonyl (C=O) groups is 1. The quantitative estimate of drug-likeness (QED) is 0.633. The van der Waals surface area contributed by atoms with Crippen molar-refractivity contribution in [1.29, 1.82) is 0 Å². The molecule has 0 aliphatic carbocycles. The molecule has 3 rings (SSSR count). The van der Waals surface area contributed by atoms with Gasteiger partial charge in [0.25, 0.3) is 0 Å². The van der Waals surface area contributed by atoms with Crippen molar-refractivity contribution in [3.8, 4) is 28.2 Å². The highest BCUT2D eigenvalue weighted by Gasteiger charge is 2.12. The fraction of sp³-hybridized carbons (Fsp3) is 0.105. The van der Waals surface area contributed by atoms with Crippen molar-refractivity contribution in [2.45, 2.75) is 6.92 Å². The zero-order valence-electron chi connectivity index (χ0n) is 12.3. The summed E-state index contributed by atoms with van der Waals surface area (Å²) in [6.45, 7) is 2.51. The summed E-state index contributed by atoms with van der Waals surface area (Å²) in [5.41, 5.74) is 3.04. The van der Waals surface area contributed by atoms with Crippen LogP contribution in [0.2, 0.25) is 0 Å². The smallest absolute Gasteiger partial charge is 0.185 e. The highest BCUT2D eigenvalue weighted by Crippen LogP contribution is 2.35. The fourth-order valence-electron chi connectivity index (χ4n) is 2.37. The van der Waals surface area contributed by atoms with Gasteiger partial charge in [-0.2, -0.15) is 0 Å². The number of carbonyl (C=O) groups excluding carboxylic acids is 1. The number of ether oxygens (including phenoxy) is 1. The molecular weight excluding hydrogens is 276 g/mol. The van der Waals surface area contributed by atoms with Crippen LogP contribution in [0.3, 0.4) is 0 Å². The Morgan fingerprint density at radius 3 is 2.50 bits per heavy atom. The van der Waals surface area contributed by atoms with Crippen LogP contribution in [0.1, 0.15) is 17.5 Å². The van der Waals surface area contributed by atoms with Crippen LogP contribution in [0.4, 0.5) is 0 Å². The first kappa shape index (κ1) is 14.1. The number of benzene rings is 2. The maximum Gasteiger partial charge on any atom is 0.185 e. The average molecular weight is 292 g/mol. The van der Waals surface area contributed by atoms with Crippen molar-refractivity contribution in [2.75, 3.05) is 6.61 Å². The van der Waals surface area contributed by atoms with Crippen molar-refractivity contribution in [1.82, 2.24) is 0 Å². The zero-order valence-corrected chi connectivity index (χ0v) is 12.3. The second-order valence-corrected chi connectivity index (χ2v) is 4.83. The van der Waals surface area contributed by atoms with Gasteiger partial charge in [0.2, 0.25) is 0 Å². The third-order valence-electron chi connectivity index (χ3n) is 3.39. The minimum absolute atomic E-state index is 0.308. The molecule has 22 heavy (non-hydrogen) atoms. The lowest BCUT2D eigenvalue weighted by atomic mass is 10.0. The van der Waals surface area contributed by atoms with Crippen molar-refractivity contribution < 1.29 is 13.9 Å². The van der Waals surface area contributed by atoms with E-state index in [1.54, 1.807) is 12.1 Å². The maximum absolute atomic E-state index is 10.8. The number of hydrogen-bond acceptors (Lipinski definition) is 3. The minimum atomic E-state index is 0.308. The molecule has 3 nitrogen and oxygen atoms in total. The van der Waals surface area contributed by atoms with Crippen LogP contribution in [0, 0.1) is 0 Å². The zero-order chi connectivity index (χ0) is 15.4. The highest BCUT2D eigenvalue weighted by atomic mass is 16.5. The lowest BCUT2D eigenvalue weighted by Crippen LogP contribution is -1.94. The molecule has 0 radical (unpaired) electrons. The monoisotopic (exact) mass is 292 g/mol. The molecule has 0 amide bonds. The fourth-order valence-corrected chi connectivity index (χ4v) is 2.37. The van der Waals surface area contributed by atoms with E-state index in [0.717, 1.165) is 22.4 Å². The summed E-state index contributed by atoms with van der Waals surface area (Å²) >= 11 is 0. The van der Waals surface area contributed by atoms with Crippen LogP contribution in [0.5, 0.6) is 5.75 Å². The summed E-state index contributed by atoms with van der Waals surface area (Å²) in [5.74, 6) is 1.68. The highest BCUT2D eigenvalue weighted by molar-refractivity contribution is 5.78. The molecule has 0 aliphatic heterocycles. The van der Waals surface area contributed by atoms with Crippen LogP contribution < -0.4 is 4.74 Å². The standard InChI is InChI=1S/C19H16O3/c1-2-21-18-10-8-15(14-6-4-3-5-7-14)12-17(18)19-11-9-16(13-20)22-19/h3-13H,2H2,1H3. The summed E-state index contributed by atoms with van der Waals surface area (Å²) < 4.78 is 11.2. The lowest BCUT2D eigenvalue weighted by molar-refractivity contribution is 0.110. The largest absolute Gasteiger partial charge is 0.493 e. The van der Waals surface area contributed by atoms with E-state index in [1.807, 2.05) is 43.3 Å². The Bertz CT molecular complexity index is 772. The van der Waals surface area contributed by atoms with Crippen LogP contribution in [-0.4, -0.2) is 12.9 Å². The van der Waals surface area contributed by atoms with E-state index in [1.165, 1.54) is 0 Å². The summed E-state index contributed by atoms with van der Waals surface area (Å²) in [7, 11) is 0. The molecule has 0 saturated carbocycles. The summed E-state index contributed by atoms with van der Waals surface area (Å²) in [5, 5.41) is 0. The van der Waals surface area contributed by atoms with Gasteiger partial charge in [-0.25, -0.2) is 0 Å². The molecule has 0 atom stereocenters. The summed E-state index contributed by atoms with van der Waals surface area (Å²) in [6.07, 6.45) is 0.699. The molecule has 0 N–H and O–H groups in total. The first-order chi connectivity index (χ1) is 10.8. The maximum atomic E-state index is 10.8. The Hall–Kier alpha value is -2.81. The van der Waals surface area contributed by atoms with Crippen LogP contribution in [0.25, 0.3) is 22.5 Å². The predicted octanol–water partition coefficient (Wildman–Crippen LogP) is 4.82.